The number of rotatable bonds is 8. The Morgan fingerprint density at radius 2 is 1.76 bits per heavy atom. The zero-order chi connectivity index (χ0) is 20.8. The number of amides is 3. The molecule has 0 atom stereocenters. The highest BCUT2D eigenvalue weighted by Crippen LogP contribution is 2.33. The van der Waals surface area contributed by atoms with E-state index in [1.165, 1.54) is 11.8 Å². The van der Waals surface area contributed by atoms with Crippen molar-refractivity contribution in [1.82, 2.24) is 9.80 Å². The summed E-state index contributed by atoms with van der Waals surface area (Å²) < 4.78 is 5.36. The molecular formula is C22H29N3O4. The number of nitrogens with one attached hydrogen (secondary N) is 1. The van der Waals surface area contributed by atoms with Crippen LogP contribution in [0.3, 0.4) is 0 Å². The van der Waals surface area contributed by atoms with Crippen molar-refractivity contribution in [3.05, 3.63) is 35.5 Å². The van der Waals surface area contributed by atoms with Gasteiger partial charge in [0.1, 0.15) is 5.70 Å². The first kappa shape index (κ1) is 21.0. The smallest absolute Gasteiger partial charge is 0.277 e. The van der Waals surface area contributed by atoms with Gasteiger partial charge in [0.25, 0.3) is 11.8 Å². The standard InChI is InChI=1S/C22H29N3O4/c1-3-29-15-7-14-25-21(27)19(17-8-10-18(11-9-17)23-16(2)26)20(22(25)28)24-12-5-4-6-13-24/h8-11H,3-7,12-15H2,1-2H3,(H,23,26). The highest BCUT2D eigenvalue weighted by atomic mass is 16.5. The molecule has 0 aromatic heterocycles. The Morgan fingerprint density at radius 1 is 1.07 bits per heavy atom. The minimum absolute atomic E-state index is 0.154. The van der Waals surface area contributed by atoms with E-state index in [1.54, 1.807) is 24.3 Å². The van der Waals surface area contributed by atoms with E-state index in [0.29, 0.717) is 48.7 Å². The first-order valence-corrected chi connectivity index (χ1v) is 10.3. The molecule has 7 nitrogen and oxygen atoms in total. The Labute approximate surface area is 171 Å². The summed E-state index contributed by atoms with van der Waals surface area (Å²) in [5, 5.41) is 2.72. The van der Waals surface area contributed by atoms with Gasteiger partial charge >= 0.3 is 0 Å². The Bertz CT molecular complexity index is 795. The molecule has 1 aromatic carbocycles. The predicted molar refractivity (Wildman–Crippen MR) is 111 cm³/mol. The van der Waals surface area contributed by atoms with Crippen molar-refractivity contribution in [3.8, 4) is 0 Å². The molecule has 7 heteroatoms. The first-order valence-electron chi connectivity index (χ1n) is 10.3. The Morgan fingerprint density at radius 3 is 2.38 bits per heavy atom. The largest absolute Gasteiger partial charge is 0.382 e. The van der Waals surface area contributed by atoms with Crippen molar-refractivity contribution in [1.29, 1.82) is 0 Å². The molecule has 0 spiro atoms. The van der Waals surface area contributed by atoms with E-state index in [9.17, 15) is 14.4 Å². The molecule has 156 valence electrons. The van der Waals surface area contributed by atoms with Crippen molar-refractivity contribution < 1.29 is 19.1 Å². The lowest BCUT2D eigenvalue weighted by molar-refractivity contribution is -0.137. The van der Waals surface area contributed by atoms with Gasteiger partial charge in [0.15, 0.2) is 0 Å². The topological polar surface area (TPSA) is 79.0 Å². The monoisotopic (exact) mass is 399 g/mol. The van der Waals surface area contributed by atoms with Crippen LogP contribution in [0.15, 0.2) is 30.0 Å². The molecule has 3 amide bonds. The molecule has 1 N–H and O–H groups in total. The van der Waals surface area contributed by atoms with Crippen LogP contribution in [0.1, 0.15) is 45.1 Å². The molecule has 0 unspecified atom stereocenters. The molecule has 3 rings (SSSR count). The lowest BCUT2D eigenvalue weighted by atomic mass is 10.0. The SMILES string of the molecule is CCOCCCN1C(=O)C(c2ccc(NC(C)=O)cc2)=C(N2CCCCC2)C1=O. The fourth-order valence-corrected chi connectivity index (χ4v) is 3.83. The normalized spacial score (nSPS) is 17.3. The molecule has 1 aromatic rings. The number of carbonyl (C=O) groups is 3. The van der Waals surface area contributed by atoms with Gasteiger partial charge in [-0.05, 0) is 50.3 Å². The van der Waals surface area contributed by atoms with Crippen LogP contribution in [0.4, 0.5) is 5.69 Å². The third-order valence-electron chi connectivity index (χ3n) is 5.18. The number of nitrogens with zero attached hydrogens (tertiary/aromatic N) is 2. The summed E-state index contributed by atoms with van der Waals surface area (Å²) in [5.41, 5.74) is 2.33. The molecule has 0 saturated carbocycles. The minimum Gasteiger partial charge on any atom is -0.382 e. The summed E-state index contributed by atoms with van der Waals surface area (Å²) in [7, 11) is 0. The highest BCUT2D eigenvalue weighted by Gasteiger charge is 2.41. The fourth-order valence-electron chi connectivity index (χ4n) is 3.83. The van der Waals surface area contributed by atoms with Crippen LogP contribution in [-0.2, 0) is 19.1 Å². The van der Waals surface area contributed by atoms with Gasteiger partial charge in [0.05, 0.1) is 5.57 Å². The third-order valence-corrected chi connectivity index (χ3v) is 5.18. The lowest BCUT2D eigenvalue weighted by Crippen LogP contribution is -2.37. The highest BCUT2D eigenvalue weighted by molar-refractivity contribution is 6.35. The second-order valence-electron chi connectivity index (χ2n) is 7.34. The summed E-state index contributed by atoms with van der Waals surface area (Å²) in [5.74, 6) is -0.618. The second kappa shape index (κ2) is 9.69. The minimum atomic E-state index is -0.251. The Hall–Kier alpha value is -2.67. The molecular weight excluding hydrogens is 370 g/mol. The van der Waals surface area contributed by atoms with Crippen LogP contribution in [0, 0.1) is 0 Å². The van der Waals surface area contributed by atoms with E-state index in [-0.39, 0.29) is 17.7 Å². The van der Waals surface area contributed by atoms with Gasteiger partial charge in [-0.1, -0.05) is 12.1 Å². The number of piperidine rings is 1. The molecule has 29 heavy (non-hydrogen) atoms. The molecule has 1 saturated heterocycles. The fraction of sp³-hybridized carbons (Fsp3) is 0.500. The van der Waals surface area contributed by atoms with Gasteiger partial charge in [-0.2, -0.15) is 0 Å². The number of anilines is 1. The number of imide groups is 1. The van der Waals surface area contributed by atoms with E-state index in [2.05, 4.69) is 10.2 Å². The van der Waals surface area contributed by atoms with Crippen LogP contribution >= 0.6 is 0 Å². The molecule has 0 aliphatic carbocycles. The quantitative estimate of drug-likeness (QED) is 0.537. The van der Waals surface area contributed by atoms with Gasteiger partial charge in [-0.3, -0.25) is 19.3 Å². The van der Waals surface area contributed by atoms with E-state index in [1.807, 2.05) is 6.92 Å². The number of likely N-dealkylation sites (tertiary alicyclic amines) is 1. The number of carbonyl (C=O) groups excluding carboxylic acids is 3. The van der Waals surface area contributed by atoms with Crippen molar-refractivity contribution in [2.45, 2.75) is 39.5 Å². The van der Waals surface area contributed by atoms with Crippen molar-refractivity contribution >= 4 is 29.0 Å². The van der Waals surface area contributed by atoms with Crippen LogP contribution < -0.4 is 5.32 Å². The molecule has 1 fully saturated rings. The Balaban J connectivity index is 1.89. The summed E-state index contributed by atoms with van der Waals surface area (Å²) in [6.45, 7) is 6.43. The number of ether oxygens (including phenoxy) is 1. The number of hydrogen-bond acceptors (Lipinski definition) is 5. The summed E-state index contributed by atoms with van der Waals surface area (Å²) >= 11 is 0. The first-order chi connectivity index (χ1) is 14.0. The van der Waals surface area contributed by atoms with E-state index < -0.39 is 0 Å². The van der Waals surface area contributed by atoms with Gasteiger partial charge < -0.3 is 15.0 Å². The summed E-state index contributed by atoms with van der Waals surface area (Å²) in [6, 6.07) is 7.10. The molecule has 2 heterocycles. The second-order valence-corrected chi connectivity index (χ2v) is 7.34. The van der Waals surface area contributed by atoms with E-state index in [4.69, 9.17) is 4.74 Å². The zero-order valence-corrected chi connectivity index (χ0v) is 17.2. The van der Waals surface area contributed by atoms with Gasteiger partial charge in [0.2, 0.25) is 5.91 Å². The average Bonchev–Trinajstić information content (AvgIpc) is 2.96. The maximum absolute atomic E-state index is 13.2. The van der Waals surface area contributed by atoms with Crippen LogP contribution in [0.2, 0.25) is 0 Å². The van der Waals surface area contributed by atoms with Crippen LogP contribution in [0.5, 0.6) is 0 Å². The average molecular weight is 399 g/mol. The third kappa shape index (κ3) is 4.85. The van der Waals surface area contributed by atoms with Crippen molar-refractivity contribution in [2.75, 3.05) is 38.2 Å². The molecule has 0 bridgehead atoms. The van der Waals surface area contributed by atoms with Crippen molar-refractivity contribution in [3.63, 3.8) is 0 Å². The Kier molecular flexibility index (Phi) is 7.04. The predicted octanol–water partition coefficient (Wildman–Crippen LogP) is 2.64. The maximum Gasteiger partial charge on any atom is 0.277 e. The number of benzene rings is 1. The van der Waals surface area contributed by atoms with Gasteiger partial charge in [-0.25, -0.2) is 0 Å². The van der Waals surface area contributed by atoms with E-state index >= 15 is 0 Å². The summed E-state index contributed by atoms with van der Waals surface area (Å²) in [4.78, 5) is 41.0. The maximum atomic E-state index is 13.2. The number of hydrogen-bond donors (Lipinski definition) is 1. The van der Waals surface area contributed by atoms with E-state index in [0.717, 1.165) is 32.4 Å². The van der Waals surface area contributed by atoms with Gasteiger partial charge in [-0.15, -0.1) is 0 Å². The van der Waals surface area contributed by atoms with Crippen LogP contribution in [-0.4, -0.2) is 60.4 Å². The van der Waals surface area contributed by atoms with Crippen molar-refractivity contribution in [2.24, 2.45) is 0 Å². The molecule has 2 aliphatic rings. The zero-order valence-electron chi connectivity index (χ0n) is 17.2. The summed E-state index contributed by atoms with van der Waals surface area (Å²) in [6.07, 6.45) is 3.80. The van der Waals surface area contributed by atoms with Gasteiger partial charge in [0, 0.05) is 45.5 Å². The molecule has 2 aliphatic heterocycles. The van der Waals surface area contributed by atoms with Crippen LogP contribution in [0.25, 0.3) is 5.57 Å². The molecule has 0 radical (unpaired) electrons. The lowest BCUT2D eigenvalue weighted by Gasteiger charge is -2.29.